The molecule has 6 nitrogen and oxygen atoms in total. The first kappa shape index (κ1) is 20.4. The van der Waals surface area contributed by atoms with Crippen molar-refractivity contribution in [1.82, 2.24) is 15.5 Å². The molecule has 1 saturated carbocycles. The van der Waals surface area contributed by atoms with Crippen molar-refractivity contribution in [2.45, 2.75) is 58.4 Å². The normalized spacial score (nSPS) is 25.1. The molecule has 0 atom stereocenters. The number of urea groups is 1. The number of benzene rings is 1. The fourth-order valence-corrected chi connectivity index (χ4v) is 4.33. The number of carbonyl (C=O) groups is 3. The van der Waals surface area contributed by atoms with Crippen molar-refractivity contribution < 1.29 is 14.4 Å². The van der Waals surface area contributed by atoms with E-state index in [1.807, 2.05) is 30.3 Å². The van der Waals surface area contributed by atoms with Crippen molar-refractivity contribution in [3.63, 3.8) is 0 Å². The van der Waals surface area contributed by atoms with Crippen LogP contribution >= 0.6 is 0 Å². The van der Waals surface area contributed by atoms with Gasteiger partial charge in [-0.1, -0.05) is 51.1 Å². The van der Waals surface area contributed by atoms with Crippen LogP contribution in [0.15, 0.2) is 30.3 Å². The van der Waals surface area contributed by atoms with Crippen molar-refractivity contribution in [3.8, 4) is 0 Å². The standard InChI is InChI=1S/C22H31N3O3/c1-21(2,3)17-9-12-22(13-10-17)19(27)25(20(28)24-22)15-18(26)23-14-11-16-7-5-4-6-8-16/h4-8,17H,9-15H2,1-3H3,(H,23,26)(H,24,28). The molecule has 1 heterocycles. The Morgan fingerprint density at radius 1 is 1.18 bits per heavy atom. The lowest BCUT2D eigenvalue weighted by Crippen LogP contribution is -2.51. The number of nitrogens with zero attached hydrogens (tertiary/aromatic N) is 1. The maximum Gasteiger partial charge on any atom is 0.325 e. The van der Waals surface area contributed by atoms with Gasteiger partial charge in [0.25, 0.3) is 5.91 Å². The molecule has 1 aromatic rings. The van der Waals surface area contributed by atoms with Gasteiger partial charge in [0, 0.05) is 6.54 Å². The number of carbonyl (C=O) groups excluding carboxylic acids is 3. The van der Waals surface area contributed by atoms with E-state index in [4.69, 9.17) is 0 Å². The van der Waals surface area contributed by atoms with Crippen molar-refractivity contribution in [2.24, 2.45) is 11.3 Å². The number of hydrogen-bond donors (Lipinski definition) is 2. The molecule has 152 valence electrons. The van der Waals surface area contributed by atoms with Gasteiger partial charge in [0.1, 0.15) is 12.1 Å². The third kappa shape index (κ3) is 4.37. The van der Waals surface area contributed by atoms with Gasteiger partial charge in [-0.3, -0.25) is 14.5 Å². The zero-order chi connectivity index (χ0) is 20.4. The minimum atomic E-state index is -0.816. The highest BCUT2D eigenvalue weighted by atomic mass is 16.2. The summed E-state index contributed by atoms with van der Waals surface area (Å²) in [6.07, 6.45) is 3.82. The quantitative estimate of drug-likeness (QED) is 0.765. The molecule has 2 N–H and O–H groups in total. The summed E-state index contributed by atoms with van der Waals surface area (Å²) < 4.78 is 0. The molecule has 1 spiro atoms. The molecular formula is C22H31N3O3. The van der Waals surface area contributed by atoms with Gasteiger partial charge in [-0.25, -0.2) is 4.79 Å². The molecule has 0 radical (unpaired) electrons. The minimum absolute atomic E-state index is 0.200. The SMILES string of the molecule is CC(C)(C)C1CCC2(CC1)NC(=O)N(CC(=O)NCCc1ccccc1)C2=O. The van der Waals surface area contributed by atoms with Gasteiger partial charge < -0.3 is 10.6 Å². The monoisotopic (exact) mass is 385 g/mol. The largest absolute Gasteiger partial charge is 0.354 e. The van der Waals surface area contributed by atoms with Gasteiger partial charge in [-0.05, 0) is 49.0 Å². The zero-order valence-corrected chi connectivity index (χ0v) is 17.1. The molecule has 1 saturated heterocycles. The summed E-state index contributed by atoms with van der Waals surface area (Å²) in [4.78, 5) is 38.7. The minimum Gasteiger partial charge on any atom is -0.354 e. The Bertz CT molecular complexity index is 731. The summed E-state index contributed by atoms with van der Waals surface area (Å²) in [6.45, 7) is 6.92. The van der Waals surface area contributed by atoms with Crippen molar-refractivity contribution in [1.29, 1.82) is 0 Å². The Labute approximate surface area is 167 Å². The van der Waals surface area contributed by atoms with Crippen LogP contribution in [0, 0.1) is 11.3 Å². The molecule has 3 rings (SSSR count). The molecule has 6 heteroatoms. The van der Waals surface area contributed by atoms with E-state index < -0.39 is 11.6 Å². The molecule has 2 aliphatic rings. The van der Waals surface area contributed by atoms with Crippen LogP contribution in [0.25, 0.3) is 0 Å². The second kappa shape index (κ2) is 7.94. The highest BCUT2D eigenvalue weighted by Crippen LogP contribution is 2.43. The number of rotatable bonds is 5. The van der Waals surface area contributed by atoms with E-state index in [-0.39, 0.29) is 23.8 Å². The summed E-state index contributed by atoms with van der Waals surface area (Å²) >= 11 is 0. The first-order chi connectivity index (χ1) is 13.2. The fourth-order valence-electron chi connectivity index (χ4n) is 4.33. The van der Waals surface area contributed by atoms with E-state index in [1.54, 1.807) is 0 Å². The third-order valence-corrected chi connectivity index (χ3v) is 6.19. The fraction of sp³-hybridized carbons (Fsp3) is 0.591. The number of imide groups is 1. The van der Waals surface area contributed by atoms with Crippen LogP contribution in [0.3, 0.4) is 0 Å². The van der Waals surface area contributed by atoms with Gasteiger partial charge in [0.15, 0.2) is 0 Å². The van der Waals surface area contributed by atoms with Crippen LogP contribution in [0.1, 0.15) is 52.0 Å². The molecular weight excluding hydrogens is 354 g/mol. The second-order valence-electron chi connectivity index (χ2n) is 9.13. The molecule has 0 aromatic heterocycles. The molecule has 4 amide bonds. The van der Waals surface area contributed by atoms with Crippen LogP contribution in [-0.2, 0) is 16.0 Å². The van der Waals surface area contributed by atoms with E-state index in [9.17, 15) is 14.4 Å². The Morgan fingerprint density at radius 3 is 2.43 bits per heavy atom. The van der Waals surface area contributed by atoms with Gasteiger partial charge in [0.2, 0.25) is 5.91 Å². The van der Waals surface area contributed by atoms with Crippen molar-refractivity contribution >= 4 is 17.8 Å². The summed E-state index contributed by atoms with van der Waals surface area (Å²) in [7, 11) is 0. The van der Waals surface area contributed by atoms with Gasteiger partial charge in [0.05, 0.1) is 0 Å². The summed E-state index contributed by atoms with van der Waals surface area (Å²) in [5.41, 5.74) is 0.515. The smallest absolute Gasteiger partial charge is 0.325 e. The Morgan fingerprint density at radius 2 is 1.82 bits per heavy atom. The van der Waals surface area contributed by atoms with Gasteiger partial charge in [-0.2, -0.15) is 0 Å². The van der Waals surface area contributed by atoms with Gasteiger partial charge >= 0.3 is 6.03 Å². The molecule has 28 heavy (non-hydrogen) atoms. The number of hydrogen-bond acceptors (Lipinski definition) is 3. The Kier molecular flexibility index (Phi) is 5.77. The first-order valence-electron chi connectivity index (χ1n) is 10.2. The first-order valence-corrected chi connectivity index (χ1v) is 10.2. The van der Waals surface area contributed by atoms with Crippen LogP contribution in [-0.4, -0.2) is 41.4 Å². The van der Waals surface area contributed by atoms with E-state index in [0.717, 1.165) is 23.3 Å². The van der Waals surface area contributed by atoms with Crippen LogP contribution in [0.2, 0.25) is 0 Å². The summed E-state index contributed by atoms with van der Waals surface area (Å²) in [6, 6.07) is 9.42. The molecule has 0 unspecified atom stereocenters. The van der Waals surface area contributed by atoms with E-state index >= 15 is 0 Å². The van der Waals surface area contributed by atoms with Crippen LogP contribution < -0.4 is 10.6 Å². The van der Waals surface area contributed by atoms with Crippen molar-refractivity contribution in [3.05, 3.63) is 35.9 Å². The lowest BCUT2D eigenvalue weighted by molar-refractivity contribution is -0.136. The van der Waals surface area contributed by atoms with E-state index in [0.29, 0.717) is 31.7 Å². The predicted molar refractivity (Wildman–Crippen MR) is 108 cm³/mol. The topological polar surface area (TPSA) is 78.5 Å². The van der Waals surface area contributed by atoms with Crippen LogP contribution in [0.4, 0.5) is 4.79 Å². The van der Waals surface area contributed by atoms with E-state index in [2.05, 4.69) is 31.4 Å². The average Bonchev–Trinajstić information content (AvgIpc) is 2.86. The predicted octanol–water partition coefficient (Wildman–Crippen LogP) is 2.87. The lowest BCUT2D eigenvalue weighted by atomic mass is 9.67. The molecule has 1 aliphatic carbocycles. The Hall–Kier alpha value is -2.37. The maximum absolute atomic E-state index is 12.9. The highest BCUT2D eigenvalue weighted by molar-refractivity contribution is 6.09. The highest BCUT2D eigenvalue weighted by Gasteiger charge is 2.53. The third-order valence-electron chi connectivity index (χ3n) is 6.19. The van der Waals surface area contributed by atoms with E-state index in [1.165, 1.54) is 0 Å². The van der Waals surface area contributed by atoms with Crippen LogP contribution in [0.5, 0.6) is 0 Å². The summed E-state index contributed by atoms with van der Waals surface area (Å²) in [5.74, 6) is -0.0129. The van der Waals surface area contributed by atoms with Gasteiger partial charge in [-0.15, -0.1) is 0 Å². The molecule has 1 aromatic carbocycles. The van der Waals surface area contributed by atoms with Crippen molar-refractivity contribution in [2.75, 3.05) is 13.1 Å². The number of nitrogens with one attached hydrogen (secondary N) is 2. The number of amides is 4. The molecule has 1 aliphatic heterocycles. The maximum atomic E-state index is 12.9. The summed E-state index contributed by atoms with van der Waals surface area (Å²) in [5, 5.41) is 5.69. The molecule has 2 fully saturated rings. The zero-order valence-electron chi connectivity index (χ0n) is 17.1. The Balaban J connectivity index is 1.52. The average molecular weight is 386 g/mol. The lowest BCUT2D eigenvalue weighted by Gasteiger charge is -2.40. The second-order valence-corrected chi connectivity index (χ2v) is 9.13. The molecule has 0 bridgehead atoms.